The van der Waals surface area contributed by atoms with Crippen molar-refractivity contribution in [1.29, 1.82) is 0 Å². The van der Waals surface area contributed by atoms with Crippen molar-refractivity contribution >= 4 is 22.7 Å². The fourth-order valence-electron chi connectivity index (χ4n) is 2.00. The zero-order valence-corrected chi connectivity index (χ0v) is 14.1. The summed E-state index contributed by atoms with van der Waals surface area (Å²) in [6.45, 7) is 6.51. The van der Waals surface area contributed by atoms with E-state index in [-0.39, 0.29) is 6.61 Å². The van der Waals surface area contributed by atoms with E-state index in [1.54, 1.807) is 11.3 Å². The van der Waals surface area contributed by atoms with Gasteiger partial charge >= 0.3 is 0 Å². The first-order chi connectivity index (χ1) is 10.2. The summed E-state index contributed by atoms with van der Waals surface area (Å²) in [6, 6.07) is 6.87. The Kier molecular flexibility index (Phi) is 6.47. The highest BCUT2D eigenvalue weighted by Gasteiger charge is 2.14. The van der Waals surface area contributed by atoms with E-state index in [9.17, 15) is 0 Å². The van der Waals surface area contributed by atoms with Crippen LogP contribution in [-0.4, -0.2) is 22.7 Å². The van der Waals surface area contributed by atoms with Crippen LogP contribution < -0.4 is 0 Å². The van der Waals surface area contributed by atoms with Crippen LogP contribution in [0.25, 0.3) is 0 Å². The molecule has 0 aromatic carbocycles. The maximum absolute atomic E-state index is 8.82. The van der Waals surface area contributed by atoms with E-state index in [1.165, 1.54) is 9.75 Å². The highest BCUT2D eigenvalue weighted by atomic mass is 32.1. The van der Waals surface area contributed by atoms with Crippen molar-refractivity contribution in [3.05, 3.63) is 44.3 Å². The highest BCUT2D eigenvalue weighted by Crippen LogP contribution is 2.22. The first-order valence-corrected chi connectivity index (χ1v) is 8.89. The Morgan fingerprint density at radius 2 is 2.05 bits per heavy atom. The number of rotatable bonds is 6. The van der Waals surface area contributed by atoms with Gasteiger partial charge < -0.3 is 5.11 Å². The number of aliphatic hydroxyl groups is 1. The largest absolute Gasteiger partial charge is 0.395 e. The first kappa shape index (κ1) is 16.3. The third kappa shape index (κ3) is 4.98. The molecule has 112 valence electrons. The number of nitrogens with zero attached hydrogens (tertiary/aromatic N) is 1. The average Bonchev–Trinajstić information content (AvgIpc) is 3.10. The van der Waals surface area contributed by atoms with Crippen molar-refractivity contribution in [1.82, 2.24) is 4.90 Å². The standard InChI is InChI=1S/C17H21NOS2/c1-14(2)18(12-16-7-5-10-20-16)13-17-15(8-11-21-17)6-3-4-9-19/h5,7-8,10-11,14,19H,4,9,12-13H2,1-2H3. The molecule has 2 heterocycles. The van der Waals surface area contributed by atoms with Gasteiger partial charge in [-0.2, -0.15) is 0 Å². The molecule has 0 atom stereocenters. The number of aliphatic hydroxyl groups excluding tert-OH is 1. The van der Waals surface area contributed by atoms with Crippen LogP contribution in [0.15, 0.2) is 29.0 Å². The molecule has 0 fully saturated rings. The molecule has 0 aliphatic carbocycles. The van der Waals surface area contributed by atoms with Crippen LogP contribution >= 0.6 is 22.7 Å². The van der Waals surface area contributed by atoms with Crippen molar-refractivity contribution < 1.29 is 5.11 Å². The average molecular weight is 319 g/mol. The minimum Gasteiger partial charge on any atom is -0.395 e. The minimum absolute atomic E-state index is 0.128. The van der Waals surface area contributed by atoms with Gasteiger partial charge in [0.2, 0.25) is 0 Å². The smallest absolute Gasteiger partial charge is 0.0540 e. The lowest BCUT2D eigenvalue weighted by Gasteiger charge is -2.25. The van der Waals surface area contributed by atoms with Crippen LogP contribution in [-0.2, 0) is 13.1 Å². The van der Waals surface area contributed by atoms with Gasteiger partial charge in [0.05, 0.1) is 6.61 Å². The molecule has 0 aliphatic rings. The molecule has 0 radical (unpaired) electrons. The lowest BCUT2D eigenvalue weighted by atomic mass is 10.2. The van der Waals surface area contributed by atoms with Gasteiger partial charge in [-0.05, 0) is 36.7 Å². The Hall–Kier alpha value is -1.12. The Morgan fingerprint density at radius 3 is 2.71 bits per heavy atom. The summed E-state index contributed by atoms with van der Waals surface area (Å²) in [4.78, 5) is 5.17. The van der Waals surface area contributed by atoms with E-state index in [0.29, 0.717) is 12.5 Å². The molecule has 4 heteroatoms. The van der Waals surface area contributed by atoms with Crippen LogP contribution in [0.2, 0.25) is 0 Å². The molecule has 0 saturated carbocycles. The summed E-state index contributed by atoms with van der Waals surface area (Å²) in [5.74, 6) is 6.19. The quantitative estimate of drug-likeness (QED) is 0.815. The first-order valence-electron chi connectivity index (χ1n) is 7.13. The summed E-state index contributed by atoms with van der Waals surface area (Å²) in [5, 5.41) is 13.0. The monoisotopic (exact) mass is 319 g/mol. The van der Waals surface area contributed by atoms with E-state index in [0.717, 1.165) is 18.7 Å². The maximum Gasteiger partial charge on any atom is 0.0540 e. The molecule has 1 N–H and O–H groups in total. The summed E-state index contributed by atoms with van der Waals surface area (Å²) < 4.78 is 0. The fraction of sp³-hybridized carbons (Fsp3) is 0.412. The third-order valence-electron chi connectivity index (χ3n) is 3.22. The van der Waals surface area contributed by atoms with Crippen LogP contribution in [0.3, 0.4) is 0 Å². The van der Waals surface area contributed by atoms with Crippen LogP contribution in [0.1, 0.15) is 35.6 Å². The van der Waals surface area contributed by atoms with Crippen molar-refractivity contribution in [2.75, 3.05) is 6.61 Å². The molecular weight excluding hydrogens is 298 g/mol. The van der Waals surface area contributed by atoms with Crippen LogP contribution in [0.5, 0.6) is 0 Å². The van der Waals surface area contributed by atoms with E-state index >= 15 is 0 Å². The van der Waals surface area contributed by atoms with E-state index in [1.807, 2.05) is 11.3 Å². The zero-order chi connectivity index (χ0) is 15.1. The topological polar surface area (TPSA) is 23.5 Å². The lowest BCUT2D eigenvalue weighted by molar-refractivity contribution is 0.207. The fourth-order valence-corrected chi connectivity index (χ4v) is 3.58. The molecule has 2 rings (SSSR count). The Bertz CT molecular complexity index is 590. The Balaban J connectivity index is 2.07. The normalized spacial score (nSPS) is 10.9. The van der Waals surface area contributed by atoms with E-state index in [2.05, 4.69) is 59.5 Å². The molecule has 0 spiro atoms. The van der Waals surface area contributed by atoms with Gasteiger partial charge in [0, 0.05) is 40.9 Å². The molecule has 0 aliphatic heterocycles. The second kappa shape index (κ2) is 8.35. The van der Waals surface area contributed by atoms with Crippen molar-refractivity contribution in [3.8, 4) is 11.8 Å². The molecule has 21 heavy (non-hydrogen) atoms. The van der Waals surface area contributed by atoms with Gasteiger partial charge in [0.1, 0.15) is 0 Å². The number of hydrogen-bond acceptors (Lipinski definition) is 4. The number of hydrogen-bond donors (Lipinski definition) is 1. The molecular formula is C17H21NOS2. The minimum atomic E-state index is 0.128. The summed E-state index contributed by atoms with van der Waals surface area (Å²) >= 11 is 3.57. The third-order valence-corrected chi connectivity index (χ3v) is 4.99. The van der Waals surface area contributed by atoms with Gasteiger partial charge in [-0.1, -0.05) is 17.9 Å². The second-order valence-electron chi connectivity index (χ2n) is 5.11. The molecule has 0 unspecified atom stereocenters. The van der Waals surface area contributed by atoms with Crippen LogP contribution in [0, 0.1) is 11.8 Å². The van der Waals surface area contributed by atoms with Gasteiger partial charge in [0.25, 0.3) is 0 Å². The summed E-state index contributed by atoms with van der Waals surface area (Å²) in [5.41, 5.74) is 1.10. The molecule has 0 amide bonds. The van der Waals surface area contributed by atoms with Gasteiger partial charge in [-0.25, -0.2) is 0 Å². The van der Waals surface area contributed by atoms with Gasteiger partial charge in [0.15, 0.2) is 0 Å². The SMILES string of the molecule is CC(C)N(Cc1cccs1)Cc1sccc1C#CCCO. The second-order valence-corrected chi connectivity index (χ2v) is 7.14. The zero-order valence-electron chi connectivity index (χ0n) is 12.5. The maximum atomic E-state index is 8.82. The summed E-state index contributed by atoms with van der Waals surface area (Å²) in [7, 11) is 0. The van der Waals surface area contributed by atoms with Crippen molar-refractivity contribution in [2.45, 2.75) is 39.4 Å². The molecule has 0 saturated heterocycles. The van der Waals surface area contributed by atoms with E-state index in [4.69, 9.17) is 5.11 Å². The van der Waals surface area contributed by atoms with Gasteiger partial charge in [-0.3, -0.25) is 4.90 Å². The van der Waals surface area contributed by atoms with E-state index < -0.39 is 0 Å². The molecule has 2 nitrogen and oxygen atoms in total. The highest BCUT2D eigenvalue weighted by molar-refractivity contribution is 7.10. The van der Waals surface area contributed by atoms with Gasteiger partial charge in [-0.15, -0.1) is 22.7 Å². The van der Waals surface area contributed by atoms with Crippen molar-refractivity contribution in [2.24, 2.45) is 0 Å². The Morgan fingerprint density at radius 1 is 1.19 bits per heavy atom. The summed E-state index contributed by atoms with van der Waals surface area (Å²) in [6.07, 6.45) is 0.540. The predicted octanol–water partition coefficient (Wildman–Crippen LogP) is 3.95. The Labute approximate surface area is 135 Å². The molecule has 2 aromatic heterocycles. The lowest BCUT2D eigenvalue weighted by Crippen LogP contribution is -2.29. The van der Waals surface area contributed by atoms with Crippen molar-refractivity contribution in [3.63, 3.8) is 0 Å². The van der Waals surface area contributed by atoms with Crippen LogP contribution in [0.4, 0.5) is 0 Å². The predicted molar refractivity (Wildman–Crippen MR) is 91.6 cm³/mol. The number of thiophene rings is 2. The molecule has 2 aromatic rings. The molecule has 0 bridgehead atoms.